The zero-order chi connectivity index (χ0) is 23.4. The minimum Gasteiger partial charge on any atom is -0.441 e. The lowest BCUT2D eigenvalue weighted by molar-refractivity contribution is -0.141. The largest absolute Gasteiger partial charge is 0.441 e. The van der Waals surface area contributed by atoms with Crippen LogP contribution in [-0.2, 0) is 17.5 Å². The van der Waals surface area contributed by atoms with Gasteiger partial charge in [0.15, 0.2) is 11.5 Å². The van der Waals surface area contributed by atoms with Crippen molar-refractivity contribution in [2.45, 2.75) is 50.9 Å². The van der Waals surface area contributed by atoms with Gasteiger partial charge in [-0.05, 0) is 49.3 Å². The van der Waals surface area contributed by atoms with Crippen LogP contribution in [0.3, 0.4) is 0 Å². The zero-order valence-corrected chi connectivity index (χ0v) is 18.0. The molecule has 1 aromatic carbocycles. The van der Waals surface area contributed by atoms with Crippen LogP contribution in [0.5, 0.6) is 0 Å². The van der Waals surface area contributed by atoms with Gasteiger partial charge in [0.25, 0.3) is 0 Å². The predicted molar refractivity (Wildman–Crippen MR) is 114 cm³/mol. The molecule has 3 aromatic rings. The molecule has 2 atom stereocenters. The van der Waals surface area contributed by atoms with E-state index in [9.17, 15) is 18.0 Å². The van der Waals surface area contributed by atoms with Gasteiger partial charge in [0.05, 0.1) is 36.3 Å². The molecule has 0 radical (unpaired) electrons. The van der Waals surface area contributed by atoms with E-state index in [1.165, 1.54) is 4.90 Å². The van der Waals surface area contributed by atoms with Crippen molar-refractivity contribution >= 4 is 28.6 Å². The zero-order valence-electron chi connectivity index (χ0n) is 18.0. The standard InChI is InChI=1S/C22H23F3N6O2/c1-20(11-30-13-29-15-4-3-14(26)7-16(15)30)5-2-6-21(10-20)12-31(19(32)33-21)18-9-27-17(8-28-18)22(23,24)25/h3-4,7-9,13H,2,5-6,10-12,26H2,1H3/t20?,21-/m0/s1. The topological polar surface area (TPSA) is 99.2 Å². The predicted octanol–water partition coefficient (Wildman–Crippen LogP) is 4.40. The van der Waals surface area contributed by atoms with Crippen LogP contribution in [0.2, 0.25) is 0 Å². The molecule has 5 rings (SSSR count). The van der Waals surface area contributed by atoms with Gasteiger partial charge in [-0.15, -0.1) is 0 Å². The minimum atomic E-state index is -4.59. The molecular formula is C22H23F3N6O2. The molecular weight excluding hydrogens is 437 g/mol. The van der Waals surface area contributed by atoms with Crippen molar-refractivity contribution < 1.29 is 22.7 Å². The van der Waals surface area contributed by atoms with E-state index in [2.05, 4.69) is 26.4 Å². The first kappa shape index (κ1) is 21.5. The Balaban J connectivity index is 1.36. The van der Waals surface area contributed by atoms with E-state index in [-0.39, 0.29) is 17.8 Å². The van der Waals surface area contributed by atoms with Crippen molar-refractivity contribution in [1.29, 1.82) is 0 Å². The summed E-state index contributed by atoms with van der Waals surface area (Å²) in [6, 6.07) is 5.59. The van der Waals surface area contributed by atoms with E-state index in [0.29, 0.717) is 31.3 Å². The summed E-state index contributed by atoms with van der Waals surface area (Å²) in [4.78, 5) is 25.6. The van der Waals surface area contributed by atoms with Crippen LogP contribution >= 0.6 is 0 Å². The molecule has 1 unspecified atom stereocenters. The number of imidazole rings is 1. The Hall–Kier alpha value is -3.37. The fraction of sp³-hybridized carbons (Fsp3) is 0.455. The first-order valence-electron chi connectivity index (χ1n) is 10.7. The van der Waals surface area contributed by atoms with Crippen LogP contribution in [0.25, 0.3) is 11.0 Å². The number of nitrogen functional groups attached to an aromatic ring is 1. The number of nitrogens with two attached hydrogens (primary N) is 1. The number of alkyl halides is 3. The van der Waals surface area contributed by atoms with Gasteiger partial charge in [-0.25, -0.2) is 19.7 Å². The maximum absolute atomic E-state index is 12.8. The highest BCUT2D eigenvalue weighted by atomic mass is 19.4. The Morgan fingerprint density at radius 3 is 2.73 bits per heavy atom. The first-order valence-corrected chi connectivity index (χ1v) is 10.7. The third kappa shape index (κ3) is 3.96. The molecule has 11 heteroatoms. The number of rotatable bonds is 3. The lowest BCUT2D eigenvalue weighted by atomic mass is 9.68. The number of ether oxygens (including phenoxy) is 1. The summed E-state index contributed by atoms with van der Waals surface area (Å²) < 4.78 is 46.3. The highest BCUT2D eigenvalue weighted by Crippen LogP contribution is 2.47. The van der Waals surface area contributed by atoms with Gasteiger partial charge < -0.3 is 15.0 Å². The molecule has 8 nitrogen and oxygen atoms in total. The van der Waals surface area contributed by atoms with E-state index in [1.807, 2.05) is 18.2 Å². The maximum Gasteiger partial charge on any atom is 0.434 e. The molecule has 174 valence electrons. The van der Waals surface area contributed by atoms with Crippen LogP contribution in [-0.4, -0.2) is 37.8 Å². The van der Waals surface area contributed by atoms with Gasteiger partial charge in [-0.1, -0.05) is 6.92 Å². The molecule has 2 aliphatic rings. The number of hydrogen-bond acceptors (Lipinski definition) is 6. The molecule has 33 heavy (non-hydrogen) atoms. The maximum atomic E-state index is 12.8. The Morgan fingerprint density at radius 2 is 2.00 bits per heavy atom. The fourth-order valence-electron chi connectivity index (χ4n) is 5.17. The molecule has 2 fully saturated rings. The van der Waals surface area contributed by atoms with Gasteiger partial charge in [0.1, 0.15) is 5.60 Å². The summed E-state index contributed by atoms with van der Waals surface area (Å²) in [6.45, 7) is 3.05. The summed E-state index contributed by atoms with van der Waals surface area (Å²) in [6.07, 6.45) is 1.26. The highest BCUT2D eigenvalue weighted by Gasteiger charge is 2.52. The number of carbonyl (C=O) groups is 1. The molecule has 2 N–H and O–H groups in total. The normalized spacial score (nSPS) is 25.7. The molecule has 1 spiro atoms. The molecule has 3 heterocycles. The van der Waals surface area contributed by atoms with Crippen molar-refractivity contribution in [3.63, 3.8) is 0 Å². The van der Waals surface area contributed by atoms with Crippen LogP contribution < -0.4 is 10.6 Å². The summed E-state index contributed by atoms with van der Waals surface area (Å²) in [5.74, 6) is 0.0493. The second-order valence-corrected chi connectivity index (χ2v) is 9.36. The van der Waals surface area contributed by atoms with Crippen LogP contribution in [0.1, 0.15) is 38.3 Å². The van der Waals surface area contributed by atoms with E-state index in [1.54, 1.807) is 6.33 Å². The van der Waals surface area contributed by atoms with Gasteiger partial charge in [-0.3, -0.25) is 4.90 Å². The summed E-state index contributed by atoms with van der Waals surface area (Å²) in [5.41, 5.74) is 6.40. The van der Waals surface area contributed by atoms with Crippen molar-refractivity contribution in [2.75, 3.05) is 17.2 Å². The lowest BCUT2D eigenvalue weighted by Gasteiger charge is -2.43. The molecule has 1 aliphatic heterocycles. The molecule has 1 saturated heterocycles. The molecule has 1 amide bonds. The van der Waals surface area contributed by atoms with E-state index < -0.39 is 23.6 Å². The number of aromatic nitrogens is 4. The number of halogens is 3. The number of anilines is 2. The van der Waals surface area contributed by atoms with Gasteiger partial charge in [0.2, 0.25) is 0 Å². The third-order valence-corrected chi connectivity index (χ3v) is 6.53. The van der Waals surface area contributed by atoms with E-state index in [4.69, 9.17) is 10.5 Å². The number of amides is 1. The summed E-state index contributed by atoms with van der Waals surface area (Å²) >= 11 is 0. The Morgan fingerprint density at radius 1 is 1.18 bits per heavy atom. The molecule has 2 aromatic heterocycles. The first-order chi connectivity index (χ1) is 15.6. The van der Waals surface area contributed by atoms with Crippen molar-refractivity contribution in [2.24, 2.45) is 5.41 Å². The number of carbonyl (C=O) groups excluding carboxylic acids is 1. The average molecular weight is 460 g/mol. The SMILES string of the molecule is CC1(Cn2cnc3ccc(N)cc32)CCC[C@@]2(CN(c3cnc(C(F)(F)F)cn3)C(=O)O2)C1. The van der Waals surface area contributed by atoms with Gasteiger partial charge in [0, 0.05) is 12.2 Å². The van der Waals surface area contributed by atoms with Crippen LogP contribution in [0.4, 0.5) is 29.5 Å². The minimum absolute atomic E-state index is 0.0493. The van der Waals surface area contributed by atoms with E-state index >= 15 is 0 Å². The van der Waals surface area contributed by atoms with Gasteiger partial charge in [-0.2, -0.15) is 13.2 Å². The monoisotopic (exact) mass is 460 g/mol. The Bertz CT molecular complexity index is 1210. The van der Waals surface area contributed by atoms with E-state index in [0.717, 1.165) is 30.1 Å². The van der Waals surface area contributed by atoms with Crippen molar-refractivity contribution in [3.8, 4) is 0 Å². The number of nitrogens with zero attached hydrogens (tertiary/aromatic N) is 5. The summed E-state index contributed by atoms with van der Waals surface area (Å²) in [7, 11) is 0. The second-order valence-electron chi connectivity index (χ2n) is 9.36. The molecule has 1 saturated carbocycles. The highest BCUT2D eigenvalue weighted by molar-refractivity contribution is 5.89. The Labute approximate surface area is 187 Å². The van der Waals surface area contributed by atoms with Crippen molar-refractivity contribution in [1.82, 2.24) is 19.5 Å². The Kier molecular flexibility index (Phi) is 4.77. The third-order valence-electron chi connectivity index (χ3n) is 6.53. The fourth-order valence-corrected chi connectivity index (χ4v) is 5.17. The van der Waals surface area contributed by atoms with Crippen LogP contribution in [0, 0.1) is 5.41 Å². The average Bonchev–Trinajstić information content (AvgIpc) is 3.27. The van der Waals surface area contributed by atoms with Crippen molar-refractivity contribution in [3.05, 3.63) is 42.6 Å². The van der Waals surface area contributed by atoms with Crippen LogP contribution in [0.15, 0.2) is 36.9 Å². The second kappa shape index (κ2) is 7.32. The number of hydrogen-bond donors (Lipinski definition) is 1. The lowest BCUT2D eigenvalue weighted by Crippen LogP contribution is -2.45. The number of fused-ring (bicyclic) bond motifs is 1. The smallest absolute Gasteiger partial charge is 0.434 e. The quantitative estimate of drug-likeness (QED) is 0.582. The van der Waals surface area contributed by atoms with Gasteiger partial charge >= 0.3 is 12.3 Å². The molecule has 1 aliphatic carbocycles. The number of benzene rings is 1. The summed E-state index contributed by atoms with van der Waals surface area (Å²) in [5, 5.41) is 0. The molecule has 0 bridgehead atoms.